The minimum Gasteiger partial charge on any atom is -0.480 e. The molecule has 0 spiro atoms. The van der Waals surface area contributed by atoms with Gasteiger partial charge in [-0.15, -0.1) is 0 Å². The second-order valence-corrected chi connectivity index (χ2v) is 7.64. The molecule has 29 heavy (non-hydrogen) atoms. The van der Waals surface area contributed by atoms with Gasteiger partial charge in [0.15, 0.2) is 0 Å². The molecule has 0 bridgehead atoms. The van der Waals surface area contributed by atoms with Crippen LogP contribution in [0.2, 0.25) is 0 Å². The molecule has 1 aliphatic heterocycles. The fourth-order valence-electron chi connectivity index (χ4n) is 2.92. The summed E-state index contributed by atoms with van der Waals surface area (Å²) in [7, 11) is 0. The zero-order valence-electron chi connectivity index (χ0n) is 16.5. The molecule has 11 nitrogen and oxygen atoms in total. The molecular weight excluding hydrogens is 402 g/mol. The standard InChI is InChI=1S/C17H29N5O6S/c1-8(2)13(19)16(26)22-5-3-4-11(22)15(25)20-9(6-12(18)23)14(24)21-10(7-29)17(27)28/h8-11,13,29H,3-7,19H2,1-2H3,(H2,18,23)(H,20,25)(H,21,24)(H,27,28). The molecule has 1 rings (SSSR count). The first-order chi connectivity index (χ1) is 13.5. The van der Waals surface area contributed by atoms with Crippen molar-refractivity contribution >= 4 is 42.2 Å². The Labute approximate surface area is 174 Å². The number of amides is 4. The topological polar surface area (TPSA) is 185 Å². The van der Waals surface area contributed by atoms with Crippen LogP contribution in [-0.4, -0.2) is 76.1 Å². The van der Waals surface area contributed by atoms with Crippen molar-refractivity contribution in [2.45, 2.75) is 57.3 Å². The fourth-order valence-corrected chi connectivity index (χ4v) is 3.16. The molecule has 1 aliphatic rings. The predicted molar refractivity (Wildman–Crippen MR) is 107 cm³/mol. The molecular formula is C17H29N5O6S. The van der Waals surface area contributed by atoms with Crippen molar-refractivity contribution in [2.75, 3.05) is 12.3 Å². The van der Waals surface area contributed by atoms with Gasteiger partial charge in [0.2, 0.25) is 23.6 Å². The van der Waals surface area contributed by atoms with Crippen molar-refractivity contribution in [1.82, 2.24) is 15.5 Å². The summed E-state index contributed by atoms with van der Waals surface area (Å²) in [5.74, 6) is -4.35. The van der Waals surface area contributed by atoms with Gasteiger partial charge < -0.3 is 32.1 Å². The first-order valence-electron chi connectivity index (χ1n) is 9.28. The second-order valence-electron chi connectivity index (χ2n) is 7.27. The number of carbonyl (C=O) groups is 5. The van der Waals surface area contributed by atoms with Gasteiger partial charge >= 0.3 is 5.97 Å². The number of carbonyl (C=O) groups excluding carboxylic acids is 4. The van der Waals surface area contributed by atoms with E-state index >= 15 is 0 Å². The van der Waals surface area contributed by atoms with E-state index in [-0.39, 0.29) is 17.6 Å². The normalized spacial score (nSPS) is 19.3. The van der Waals surface area contributed by atoms with Gasteiger partial charge in [-0.1, -0.05) is 13.8 Å². The Hall–Kier alpha value is -2.34. The number of nitrogens with two attached hydrogens (primary N) is 2. The molecule has 4 amide bonds. The highest BCUT2D eigenvalue weighted by Gasteiger charge is 2.38. The number of likely N-dealkylation sites (tertiary alicyclic amines) is 1. The van der Waals surface area contributed by atoms with E-state index in [1.807, 2.05) is 0 Å². The average Bonchev–Trinajstić information content (AvgIpc) is 3.13. The van der Waals surface area contributed by atoms with E-state index in [4.69, 9.17) is 16.6 Å². The number of primary amides is 1. The van der Waals surface area contributed by atoms with Gasteiger partial charge in [-0.25, -0.2) is 4.79 Å². The predicted octanol–water partition coefficient (Wildman–Crippen LogP) is -2.18. The monoisotopic (exact) mass is 431 g/mol. The number of nitrogens with one attached hydrogen (secondary N) is 2. The summed E-state index contributed by atoms with van der Waals surface area (Å²) in [5, 5.41) is 13.6. The summed E-state index contributed by atoms with van der Waals surface area (Å²) in [4.78, 5) is 61.4. The zero-order valence-corrected chi connectivity index (χ0v) is 17.4. The van der Waals surface area contributed by atoms with Crippen molar-refractivity contribution in [3.8, 4) is 0 Å². The van der Waals surface area contributed by atoms with Gasteiger partial charge in [0.05, 0.1) is 12.5 Å². The first kappa shape index (κ1) is 24.7. The van der Waals surface area contributed by atoms with Crippen LogP contribution in [0.4, 0.5) is 0 Å². The molecule has 4 atom stereocenters. The van der Waals surface area contributed by atoms with Crippen molar-refractivity contribution in [3.63, 3.8) is 0 Å². The second kappa shape index (κ2) is 11.0. The summed E-state index contributed by atoms with van der Waals surface area (Å²) < 4.78 is 0. The third-order valence-corrected chi connectivity index (χ3v) is 5.04. The Bertz CT molecular complexity index is 658. The number of aliphatic carboxylic acids is 1. The van der Waals surface area contributed by atoms with E-state index in [9.17, 15) is 24.0 Å². The molecule has 0 aromatic rings. The first-order valence-corrected chi connectivity index (χ1v) is 9.91. The van der Waals surface area contributed by atoms with E-state index in [0.29, 0.717) is 19.4 Å². The molecule has 4 unspecified atom stereocenters. The smallest absolute Gasteiger partial charge is 0.327 e. The van der Waals surface area contributed by atoms with E-state index in [0.717, 1.165) is 0 Å². The van der Waals surface area contributed by atoms with E-state index in [1.165, 1.54) is 4.90 Å². The summed E-state index contributed by atoms with van der Waals surface area (Å²) in [6, 6.07) is -4.28. The highest BCUT2D eigenvalue weighted by molar-refractivity contribution is 7.80. The Morgan fingerprint density at radius 1 is 1.17 bits per heavy atom. The molecule has 1 heterocycles. The molecule has 0 saturated carbocycles. The molecule has 0 aromatic heterocycles. The summed E-state index contributed by atoms with van der Waals surface area (Å²) in [5.41, 5.74) is 11.1. The Morgan fingerprint density at radius 2 is 1.79 bits per heavy atom. The van der Waals surface area contributed by atoms with E-state index in [2.05, 4.69) is 23.3 Å². The van der Waals surface area contributed by atoms with Crippen LogP contribution >= 0.6 is 12.6 Å². The zero-order chi connectivity index (χ0) is 22.3. The maximum atomic E-state index is 12.7. The number of hydrogen-bond donors (Lipinski definition) is 6. The molecule has 7 N–H and O–H groups in total. The van der Waals surface area contributed by atoms with E-state index < -0.39 is 54.3 Å². The number of rotatable bonds is 10. The SMILES string of the molecule is CC(C)C(N)C(=O)N1CCCC1C(=O)NC(CC(N)=O)C(=O)NC(CS)C(=O)O. The summed E-state index contributed by atoms with van der Waals surface area (Å²) in [6.07, 6.45) is 0.437. The van der Waals surface area contributed by atoms with Gasteiger partial charge in [0.25, 0.3) is 0 Å². The Balaban J connectivity index is 2.91. The molecule has 164 valence electrons. The quantitative estimate of drug-likeness (QED) is 0.212. The maximum absolute atomic E-state index is 12.7. The highest BCUT2D eigenvalue weighted by atomic mass is 32.1. The lowest BCUT2D eigenvalue weighted by Gasteiger charge is -2.29. The van der Waals surface area contributed by atoms with Gasteiger partial charge in [-0.05, 0) is 18.8 Å². The fraction of sp³-hybridized carbons (Fsp3) is 0.706. The molecule has 0 aliphatic carbocycles. The lowest BCUT2D eigenvalue weighted by Crippen LogP contribution is -2.57. The largest absolute Gasteiger partial charge is 0.480 e. The third-order valence-electron chi connectivity index (χ3n) is 4.68. The highest BCUT2D eigenvalue weighted by Crippen LogP contribution is 2.20. The van der Waals surface area contributed by atoms with Gasteiger partial charge in [-0.2, -0.15) is 12.6 Å². The van der Waals surface area contributed by atoms with Crippen LogP contribution < -0.4 is 22.1 Å². The Kier molecular flexibility index (Phi) is 9.37. The third kappa shape index (κ3) is 6.89. The number of thiol groups is 1. The summed E-state index contributed by atoms with van der Waals surface area (Å²) >= 11 is 3.85. The van der Waals surface area contributed by atoms with Gasteiger partial charge in [-0.3, -0.25) is 19.2 Å². The Morgan fingerprint density at radius 3 is 2.28 bits per heavy atom. The number of hydrogen-bond acceptors (Lipinski definition) is 7. The van der Waals surface area contributed by atoms with Crippen LogP contribution in [0.1, 0.15) is 33.1 Å². The van der Waals surface area contributed by atoms with Crippen molar-refractivity contribution < 1.29 is 29.1 Å². The van der Waals surface area contributed by atoms with Crippen molar-refractivity contribution in [1.29, 1.82) is 0 Å². The van der Waals surface area contributed by atoms with Crippen LogP contribution in [-0.2, 0) is 24.0 Å². The van der Waals surface area contributed by atoms with Crippen LogP contribution in [0, 0.1) is 5.92 Å². The van der Waals surface area contributed by atoms with Crippen molar-refractivity contribution in [2.24, 2.45) is 17.4 Å². The van der Waals surface area contributed by atoms with Crippen LogP contribution in [0.5, 0.6) is 0 Å². The molecule has 0 aromatic carbocycles. The van der Waals surface area contributed by atoms with Crippen LogP contribution in [0.25, 0.3) is 0 Å². The van der Waals surface area contributed by atoms with Crippen LogP contribution in [0.3, 0.4) is 0 Å². The maximum Gasteiger partial charge on any atom is 0.327 e. The van der Waals surface area contributed by atoms with Gasteiger partial charge in [0.1, 0.15) is 18.1 Å². The minimum atomic E-state index is -1.38. The van der Waals surface area contributed by atoms with Gasteiger partial charge in [0, 0.05) is 12.3 Å². The minimum absolute atomic E-state index is 0.116. The van der Waals surface area contributed by atoms with E-state index in [1.54, 1.807) is 13.8 Å². The molecule has 1 saturated heterocycles. The molecule has 1 fully saturated rings. The average molecular weight is 432 g/mol. The molecule has 12 heteroatoms. The number of nitrogens with zero attached hydrogens (tertiary/aromatic N) is 1. The van der Waals surface area contributed by atoms with Crippen LogP contribution in [0.15, 0.2) is 0 Å². The number of carboxylic acid groups (broad SMARTS) is 1. The lowest BCUT2D eigenvalue weighted by atomic mass is 10.0. The number of carboxylic acids is 1. The van der Waals surface area contributed by atoms with Crippen molar-refractivity contribution in [3.05, 3.63) is 0 Å². The lowest BCUT2D eigenvalue weighted by molar-refractivity contribution is -0.143. The summed E-state index contributed by atoms with van der Waals surface area (Å²) in [6.45, 7) is 3.94. The molecule has 0 radical (unpaired) electrons.